The minimum atomic E-state index is -0.375. The molecule has 1 heterocycles. The van der Waals surface area contributed by atoms with Crippen LogP contribution in [-0.4, -0.2) is 15.1 Å². The molecule has 1 aromatic heterocycles. The number of aryl methyl sites for hydroxylation is 1. The standard InChI is InChI=1S/C16H13FN2O2/c1-9-16(21)19-14-7-10(8-20)6-12(15(14)18-9)11-4-2-3-5-13(11)17/h2-7,20H,8H2,1H3,(H,19,21). The third-order valence-electron chi connectivity index (χ3n) is 3.37. The first-order valence-electron chi connectivity index (χ1n) is 6.49. The zero-order valence-corrected chi connectivity index (χ0v) is 11.4. The van der Waals surface area contributed by atoms with E-state index in [4.69, 9.17) is 0 Å². The molecular formula is C16H13FN2O2. The van der Waals surface area contributed by atoms with Crippen molar-refractivity contribution in [1.29, 1.82) is 0 Å². The number of benzene rings is 2. The molecule has 0 amide bonds. The molecule has 0 unspecified atom stereocenters. The van der Waals surface area contributed by atoms with E-state index in [9.17, 15) is 14.3 Å². The van der Waals surface area contributed by atoms with Crippen LogP contribution >= 0.6 is 0 Å². The number of aliphatic hydroxyl groups excluding tert-OH is 1. The van der Waals surface area contributed by atoms with Gasteiger partial charge in [-0.05, 0) is 30.7 Å². The fourth-order valence-electron chi connectivity index (χ4n) is 2.32. The number of rotatable bonds is 2. The number of nitrogens with zero attached hydrogens (tertiary/aromatic N) is 1. The van der Waals surface area contributed by atoms with E-state index in [0.717, 1.165) is 0 Å². The van der Waals surface area contributed by atoms with Gasteiger partial charge in [0, 0.05) is 11.1 Å². The van der Waals surface area contributed by atoms with Crippen LogP contribution < -0.4 is 5.56 Å². The van der Waals surface area contributed by atoms with Gasteiger partial charge in [-0.25, -0.2) is 9.37 Å². The van der Waals surface area contributed by atoms with E-state index >= 15 is 0 Å². The smallest absolute Gasteiger partial charge is 0.269 e. The topological polar surface area (TPSA) is 66.0 Å². The third kappa shape index (κ3) is 2.32. The van der Waals surface area contributed by atoms with E-state index in [2.05, 4.69) is 9.97 Å². The van der Waals surface area contributed by atoms with Crippen LogP contribution in [0.2, 0.25) is 0 Å². The Morgan fingerprint density at radius 3 is 2.71 bits per heavy atom. The monoisotopic (exact) mass is 284 g/mol. The molecule has 0 aliphatic heterocycles. The molecule has 0 radical (unpaired) electrons. The lowest BCUT2D eigenvalue weighted by molar-refractivity contribution is 0.282. The van der Waals surface area contributed by atoms with Gasteiger partial charge in [0.1, 0.15) is 11.5 Å². The van der Waals surface area contributed by atoms with Gasteiger partial charge in [-0.2, -0.15) is 0 Å². The highest BCUT2D eigenvalue weighted by molar-refractivity contribution is 5.92. The van der Waals surface area contributed by atoms with E-state index in [0.29, 0.717) is 33.4 Å². The number of H-pyrrole nitrogens is 1. The molecule has 21 heavy (non-hydrogen) atoms. The van der Waals surface area contributed by atoms with Gasteiger partial charge in [-0.1, -0.05) is 18.2 Å². The second kappa shape index (κ2) is 5.10. The van der Waals surface area contributed by atoms with Crippen LogP contribution in [-0.2, 0) is 6.61 Å². The van der Waals surface area contributed by atoms with Crippen LogP contribution in [0.15, 0.2) is 41.2 Å². The van der Waals surface area contributed by atoms with E-state index in [-0.39, 0.29) is 18.0 Å². The van der Waals surface area contributed by atoms with Crippen molar-refractivity contribution in [2.45, 2.75) is 13.5 Å². The van der Waals surface area contributed by atoms with Gasteiger partial charge in [0.25, 0.3) is 5.56 Å². The molecule has 3 aromatic rings. The summed E-state index contributed by atoms with van der Waals surface area (Å²) in [6.07, 6.45) is 0. The maximum Gasteiger partial charge on any atom is 0.269 e. The highest BCUT2D eigenvalue weighted by Crippen LogP contribution is 2.29. The SMILES string of the molecule is Cc1nc2c(-c3ccccc3F)cc(CO)cc2[nH]c1=O. The number of nitrogens with one attached hydrogen (secondary N) is 1. The molecule has 2 aromatic carbocycles. The predicted octanol–water partition coefficient (Wildman–Crippen LogP) is 2.53. The lowest BCUT2D eigenvalue weighted by Crippen LogP contribution is -2.12. The molecule has 0 spiro atoms. The Morgan fingerprint density at radius 2 is 2.00 bits per heavy atom. The van der Waals surface area contributed by atoms with Crippen LogP contribution in [0.1, 0.15) is 11.3 Å². The molecule has 0 aliphatic carbocycles. The highest BCUT2D eigenvalue weighted by atomic mass is 19.1. The molecule has 0 saturated heterocycles. The number of halogens is 1. The summed E-state index contributed by atoms with van der Waals surface area (Å²) in [6.45, 7) is 1.40. The normalized spacial score (nSPS) is 11.0. The average Bonchev–Trinajstić information content (AvgIpc) is 2.48. The second-order valence-electron chi connectivity index (χ2n) is 4.83. The number of aromatic amines is 1. The Bertz CT molecular complexity index is 887. The van der Waals surface area contributed by atoms with E-state index < -0.39 is 0 Å². The van der Waals surface area contributed by atoms with Crippen molar-refractivity contribution in [3.05, 3.63) is 63.8 Å². The van der Waals surface area contributed by atoms with Crippen LogP contribution in [0.4, 0.5) is 4.39 Å². The summed E-state index contributed by atoms with van der Waals surface area (Å²) in [6, 6.07) is 9.68. The predicted molar refractivity (Wildman–Crippen MR) is 78.4 cm³/mol. The molecule has 4 nitrogen and oxygen atoms in total. The van der Waals surface area contributed by atoms with Crippen LogP contribution in [0.5, 0.6) is 0 Å². The average molecular weight is 284 g/mol. The van der Waals surface area contributed by atoms with E-state index in [1.807, 2.05) is 0 Å². The number of hydrogen-bond donors (Lipinski definition) is 2. The number of hydrogen-bond acceptors (Lipinski definition) is 3. The molecule has 0 fully saturated rings. The summed E-state index contributed by atoms with van der Waals surface area (Å²) >= 11 is 0. The summed E-state index contributed by atoms with van der Waals surface area (Å²) in [5.41, 5.74) is 2.53. The van der Waals surface area contributed by atoms with Gasteiger partial charge in [0.2, 0.25) is 0 Å². The Kier molecular flexibility index (Phi) is 3.27. The summed E-state index contributed by atoms with van der Waals surface area (Å²) < 4.78 is 14.1. The first kappa shape index (κ1) is 13.5. The number of fused-ring (bicyclic) bond motifs is 1. The third-order valence-corrected chi connectivity index (χ3v) is 3.37. The van der Waals surface area contributed by atoms with Gasteiger partial charge in [0.05, 0.1) is 17.6 Å². The summed E-state index contributed by atoms with van der Waals surface area (Å²) in [4.78, 5) is 18.7. The maximum absolute atomic E-state index is 14.1. The van der Waals surface area contributed by atoms with Gasteiger partial charge < -0.3 is 10.1 Å². The first-order valence-corrected chi connectivity index (χ1v) is 6.49. The Labute approximate surface area is 119 Å². The van der Waals surface area contributed by atoms with E-state index in [1.165, 1.54) is 6.07 Å². The van der Waals surface area contributed by atoms with Crippen molar-refractivity contribution in [3.63, 3.8) is 0 Å². The molecule has 0 bridgehead atoms. The van der Waals surface area contributed by atoms with Gasteiger partial charge >= 0.3 is 0 Å². The second-order valence-corrected chi connectivity index (χ2v) is 4.83. The Balaban J connectivity index is 2.43. The molecule has 2 N–H and O–H groups in total. The van der Waals surface area contributed by atoms with Crippen molar-refractivity contribution < 1.29 is 9.50 Å². The van der Waals surface area contributed by atoms with Crippen LogP contribution in [0, 0.1) is 12.7 Å². The van der Waals surface area contributed by atoms with Crippen molar-refractivity contribution >= 4 is 11.0 Å². The van der Waals surface area contributed by atoms with Crippen LogP contribution in [0.25, 0.3) is 22.2 Å². The summed E-state index contributed by atoms with van der Waals surface area (Å²) in [5, 5.41) is 9.36. The molecule has 0 aliphatic rings. The van der Waals surface area contributed by atoms with Gasteiger partial charge in [-0.3, -0.25) is 4.79 Å². The zero-order valence-electron chi connectivity index (χ0n) is 11.4. The van der Waals surface area contributed by atoms with Crippen molar-refractivity contribution in [1.82, 2.24) is 9.97 Å². The summed E-state index contributed by atoms with van der Waals surface area (Å²) in [5.74, 6) is -0.375. The van der Waals surface area contributed by atoms with Crippen molar-refractivity contribution in [2.24, 2.45) is 0 Å². The minimum Gasteiger partial charge on any atom is -0.392 e. The maximum atomic E-state index is 14.1. The molecule has 3 rings (SSSR count). The van der Waals surface area contributed by atoms with Gasteiger partial charge in [0.15, 0.2) is 0 Å². The largest absolute Gasteiger partial charge is 0.392 e. The molecule has 106 valence electrons. The minimum absolute atomic E-state index is 0.201. The zero-order chi connectivity index (χ0) is 15.0. The molecular weight excluding hydrogens is 271 g/mol. The first-order chi connectivity index (χ1) is 10.1. The molecule has 0 atom stereocenters. The van der Waals surface area contributed by atoms with Crippen molar-refractivity contribution in [3.8, 4) is 11.1 Å². The van der Waals surface area contributed by atoms with Crippen molar-refractivity contribution in [2.75, 3.05) is 0 Å². The number of aliphatic hydroxyl groups is 1. The fraction of sp³-hybridized carbons (Fsp3) is 0.125. The molecule has 0 saturated carbocycles. The van der Waals surface area contributed by atoms with E-state index in [1.54, 1.807) is 37.3 Å². The fourth-order valence-corrected chi connectivity index (χ4v) is 2.32. The quantitative estimate of drug-likeness (QED) is 0.760. The lowest BCUT2D eigenvalue weighted by Gasteiger charge is -2.10. The molecule has 5 heteroatoms. The number of aromatic nitrogens is 2. The highest BCUT2D eigenvalue weighted by Gasteiger charge is 2.13. The van der Waals surface area contributed by atoms with Gasteiger partial charge in [-0.15, -0.1) is 0 Å². The van der Waals surface area contributed by atoms with Crippen LogP contribution in [0.3, 0.4) is 0 Å². The Hall–Kier alpha value is -2.53. The Morgan fingerprint density at radius 1 is 1.24 bits per heavy atom. The summed E-state index contributed by atoms with van der Waals surface area (Å²) in [7, 11) is 0. The lowest BCUT2D eigenvalue weighted by atomic mass is 10.0.